The number of benzene rings is 2. The summed E-state index contributed by atoms with van der Waals surface area (Å²) in [7, 11) is 2.12. The molecule has 0 radical (unpaired) electrons. The molecule has 0 saturated carbocycles. The summed E-state index contributed by atoms with van der Waals surface area (Å²) in [5.74, 6) is 0.907. The molecule has 0 aromatic heterocycles. The Kier molecular flexibility index (Phi) is 6.68. The van der Waals surface area contributed by atoms with Gasteiger partial charge in [0.05, 0.1) is 24.9 Å². The molecule has 0 bridgehead atoms. The van der Waals surface area contributed by atoms with Crippen LogP contribution >= 0.6 is 0 Å². The van der Waals surface area contributed by atoms with Gasteiger partial charge in [-0.2, -0.15) is 5.10 Å². The summed E-state index contributed by atoms with van der Waals surface area (Å²) < 4.78 is 5.59. The lowest BCUT2D eigenvalue weighted by molar-refractivity contribution is -0.134. The normalized spacial score (nSPS) is 20.0. The molecule has 6 nitrogen and oxygen atoms in total. The molecule has 164 valence electrons. The monoisotopic (exact) mass is 420 g/mol. The highest BCUT2D eigenvalue weighted by atomic mass is 16.5. The number of aryl methyl sites for hydroxylation is 1. The van der Waals surface area contributed by atoms with E-state index in [1.807, 2.05) is 19.1 Å². The summed E-state index contributed by atoms with van der Waals surface area (Å²) in [5, 5.41) is 6.53. The minimum atomic E-state index is -0.0908. The first-order valence-electron chi connectivity index (χ1n) is 11.1. The highest BCUT2D eigenvalue weighted by Crippen LogP contribution is 2.34. The Labute approximate surface area is 185 Å². The number of piperazine rings is 1. The van der Waals surface area contributed by atoms with Crippen LogP contribution in [-0.4, -0.2) is 72.8 Å². The van der Waals surface area contributed by atoms with Crippen LogP contribution in [0, 0.1) is 6.92 Å². The zero-order valence-electron chi connectivity index (χ0n) is 18.8. The Morgan fingerprint density at radius 1 is 1.03 bits per heavy atom. The Morgan fingerprint density at radius 2 is 1.71 bits per heavy atom. The predicted octanol–water partition coefficient (Wildman–Crippen LogP) is 3.32. The number of nitrogens with zero attached hydrogens (tertiary/aromatic N) is 4. The van der Waals surface area contributed by atoms with Gasteiger partial charge in [0.1, 0.15) is 5.75 Å². The Morgan fingerprint density at radius 3 is 2.35 bits per heavy atom. The maximum atomic E-state index is 13.3. The molecule has 1 atom stereocenters. The lowest BCUT2D eigenvalue weighted by Gasteiger charge is -2.33. The molecule has 0 aliphatic carbocycles. The largest absolute Gasteiger partial charge is 0.494 e. The third-order valence-corrected chi connectivity index (χ3v) is 6.08. The highest BCUT2D eigenvalue weighted by Gasteiger charge is 2.34. The van der Waals surface area contributed by atoms with E-state index in [9.17, 15) is 4.79 Å². The van der Waals surface area contributed by atoms with E-state index in [1.54, 1.807) is 5.01 Å². The fraction of sp³-hybridized carbons (Fsp3) is 0.440. The summed E-state index contributed by atoms with van der Waals surface area (Å²) in [5.41, 5.74) is 4.34. The number of hydrazone groups is 1. The van der Waals surface area contributed by atoms with E-state index in [1.165, 1.54) is 5.56 Å². The van der Waals surface area contributed by atoms with Crippen molar-refractivity contribution in [3.05, 3.63) is 65.2 Å². The molecular formula is C25H32N4O2. The molecule has 2 heterocycles. The van der Waals surface area contributed by atoms with Gasteiger partial charge in [0.25, 0.3) is 5.91 Å². The number of rotatable bonds is 6. The molecule has 0 N–H and O–H groups in total. The van der Waals surface area contributed by atoms with Crippen LogP contribution < -0.4 is 4.74 Å². The van der Waals surface area contributed by atoms with Gasteiger partial charge in [-0.15, -0.1) is 0 Å². The standard InChI is InChI=1S/C25H32N4O2/c1-4-31-22-11-9-21(10-12-22)24-17-23(20-7-5-19(2)6-8-20)26-29(24)25(30)18-28-15-13-27(3)14-16-28/h5-12,24H,4,13-18H2,1-3H3/t24-/m0/s1. The van der Waals surface area contributed by atoms with Crippen LogP contribution in [0.2, 0.25) is 0 Å². The second-order valence-electron chi connectivity index (χ2n) is 8.45. The third kappa shape index (κ3) is 5.14. The van der Waals surface area contributed by atoms with E-state index < -0.39 is 0 Å². The molecule has 2 aliphatic heterocycles. The number of ether oxygens (including phenoxy) is 1. The van der Waals surface area contributed by atoms with Crippen LogP contribution in [0.15, 0.2) is 53.6 Å². The lowest BCUT2D eigenvalue weighted by Crippen LogP contribution is -2.48. The van der Waals surface area contributed by atoms with Crippen LogP contribution in [-0.2, 0) is 4.79 Å². The molecule has 1 saturated heterocycles. The minimum absolute atomic E-state index is 0.0607. The van der Waals surface area contributed by atoms with Gasteiger partial charge in [0.15, 0.2) is 0 Å². The average Bonchev–Trinajstić information content (AvgIpc) is 3.22. The summed E-state index contributed by atoms with van der Waals surface area (Å²) >= 11 is 0. The van der Waals surface area contributed by atoms with E-state index in [0.29, 0.717) is 19.6 Å². The number of hydrogen-bond donors (Lipinski definition) is 0. The molecule has 2 aromatic carbocycles. The summed E-state index contributed by atoms with van der Waals surface area (Å²) in [6, 6.07) is 16.4. The van der Waals surface area contributed by atoms with Gasteiger partial charge in [-0.1, -0.05) is 42.0 Å². The molecule has 2 aliphatic rings. The van der Waals surface area contributed by atoms with Crippen LogP contribution in [0.4, 0.5) is 0 Å². The summed E-state index contributed by atoms with van der Waals surface area (Å²) in [6.07, 6.45) is 0.714. The molecule has 4 rings (SSSR count). The lowest BCUT2D eigenvalue weighted by atomic mass is 9.98. The SMILES string of the molecule is CCOc1ccc([C@@H]2CC(c3ccc(C)cc3)=NN2C(=O)CN2CCN(C)CC2)cc1. The topological polar surface area (TPSA) is 48.4 Å². The zero-order chi connectivity index (χ0) is 21.8. The fourth-order valence-electron chi connectivity index (χ4n) is 4.14. The van der Waals surface area contributed by atoms with Crippen molar-refractivity contribution in [3.63, 3.8) is 0 Å². The van der Waals surface area contributed by atoms with Crippen molar-refractivity contribution < 1.29 is 9.53 Å². The van der Waals surface area contributed by atoms with Gasteiger partial charge < -0.3 is 9.64 Å². The molecular weight excluding hydrogens is 388 g/mol. The predicted molar refractivity (Wildman–Crippen MR) is 123 cm³/mol. The van der Waals surface area contributed by atoms with Gasteiger partial charge in [-0.05, 0) is 44.2 Å². The molecule has 31 heavy (non-hydrogen) atoms. The number of likely N-dealkylation sites (N-methyl/N-ethyl adjacent to an activating group) is 1. The first kappa shape index (κ1) is 21.5. The van der Waals surface area contributed by atoms with Crippen molar-refractivity contribution in [2.24, 2.45) is 5.10 Å². The third-order valence-electron chi connectivity index (χ3n) is 6.08. The molecule has 1 fully saturated rings. The van der Waals surface area contributed by atoms with Crippen molar-refractivity contribution in [1.29, 1.82) is 0 Å². The van der Waals surface area contributed by atoms with E-state index in [2.05, 4.69) is 60.2 Å². The molecule has 2 aromatic rings. The van der Waals surface area contributed by atoms with E-state index >= 15 is 0 Å². The number of carbonyl (C=O) groups is 1. The Bertz CT molecular complexity index is 916. The number of hydrogen-bond acceptors (Lipinski definition) is 5. The number of amides is 1. The quantitative estimate of drug-likeness (QED) is 0.719. The van der Waals surface area contributed by atoms with E-state index in [4.69, 9.17) is 9.84 Å². The van der Waals surface area contributed by atoms with Crippen LogP contribution in [0.5, 0.6) is 5.75 Å². The zero-order valence-corrected chi connectivity index (χ0v) is 18.8. The maximum Gasteiger partial charge on any atom is 0.257 e. The summed E-state index contributed by atoms with van der Waals surface area (Å²) in [4.78, 5) is 17.9. The second kappa shape index (κ2) is 9.62. The van der Waals surface area contributed by atoms with Crippen molar-refractivity contribution in [3.8, 4) is 5.75 Å². The average molecular weight is 421 g/mol. The van der Waals surface area contributed by atoms with Gasteiger partial charge in [-0.25, -0.2) is 5.01 Å². The second-order valence-corrected chi connectivity index (χ2v) is 8.45. The first-order chi connectivity index (χ1) is 15.0. The van der Waals surface area contributed by atoms with Crippen LogP contribution in [0.1, 0.15) is 36.1 Å². The van der Waals surface area contributed by atoms with E-state index in [-0.39, 0.29) is 11.9 Å². The van der Waals surface area contributed by atoms with E-state index in [0.717, 1.165) is 48.8 Å². The number of carbonyl (C=O) groups excluding carboxylic acids is 1. The van der Waals surface area contributed by atoms with Gasteiger partial charge in [-0.3, -0.25) is 9.69 Å². The minimum Gasteiger partial charge on any atom is -0.494 e. The Balaban J connectivity index is 1.56. The fourth-order valence-corrected chi connectivity index (χ4v) is 4.14. The molecule has 0 spiro atoms. The van der Waals surface area contributed by atoms with Gasteiger partial charge >= 0.3 is 0 Å². The molecule has 6 heteroatoms. The van der Waals surface area contributed by atoms with Crippen molar-refractivity contribution in [1.82, 2.24) is 14.8 Å². The first-order valence-corrected chi connectivity index (χ1v) is 11.1. The molecule has 0 unspecified atom stereocenters. The van der Waals surface area contributed by atoms with Crippen LogP contribution in [0.3, 0.4) is 0 Å². The maximum absolute atomic E-state index is 13.3. The van der Waals surface area contributed by atoms with Crippen molar-refractivity contribution in [2.75, 3.05) is 46.4 Å². The molecule has 1 amide bonds. The van der Waals surface area contributed by atoms with Crippen LogP contribution in [0.25, 0.3) is 0 Å². The summed E-state index contributed by atoms with van der Waals surface area (Å²) in [6.45, 7) is 8.92. The Hall–Kier alpha value is -2.70. The highest BCUT2D eigenvalue weighted by molar-refractivity contribution is 6.03. The van der Waals surface area contributed by atoms with Crippen molar-refractivity contribution >= 4 is 11.6 Å². The van der Waals surface area contributed by atoms with Gasteiger partial charge in [0.2, 0.25) is 0 Å². The van der Waals surface area contributed by atoms with Gasteiger partial charge in [0, 0.05) is 32.6 Å². The van der Waals surface area contributed by atoms with Crippen molar-refractivity contribution in [2.45, 2.75) is 26.3 Å². The smallest absolute Gasteiger partial charge is 0.257 e.